The summed E-state index contributed by atoms with van der Waals surface area (Å²) in [5.41, 5.74) is 8.48. The molecule has 234 valence electrons. The zero-order valence-electron chi connectivity index (χ0n) is 25.3. The molecule has 0 saturated carbocycles. The average Bonchev–Trinajstić information content (AvgIpc) is 3.68. The molecule has 47 heavy (non-hydrogen) atoms. The Morgan fingerprint density at radius 3 is 2.55 bits per heavy atom. The smallest absolute Gasteiger partial charge is 0.228 e. The molecule has 0 atom stereocenters. The fourth-order valence-electron chi connectivity index (χ4n) is 5.67. The van der Waals surface area contributed by atoms with E-state index in [0.717, 1.165) is 38.8 Å². The third-order valence-corrected chi connectivity index (χ3v) is 8.83. The molecule has 0 aliphatic carbocycles. The van der Waals surface area contributed by atoms with Crippen molar-refractivity contribution in [2.75, 3.05) is 17.3 Å². The Kier molecular flexibility index (Phi) is 7.82. The first-order valence-electron chi connectivity index (χ1n) is 14.9. The van der Waals surface area contributed by atoms with Gasteiger partial charge in [-0.05, 0) is 71.1 Å². The van der Waals surface area contributed by atoms with Crippen LogP contribution in [0.1, 0.15) is 11.1 Å². The summed E-state index contributed by atoms with van der Waals surface area (Å²) in [7, 11) is -3.19. The number of amides is 1. The lowest BCUT2D eigenvalue weighted by Gasteiger charge is -2.08. The molecule has 0 fully saturated rings. The number of aromatic nitrogens is 5. The molecule has 0 unspecified atom stereocenters. The van der Waals surface area contributed by atoms with Crippen molar-refractivity contribution in [3.05, 3.63) is 120 Å². The number of pyridine rings is 2. The van der Waals surface area contributed by atoms with Crippen LogP contribution < -0.4 is 5.32 Å². The van der Waals surface area contributed by atoms with Crippen LogP contribution in [0, 0.1) is 5.82 Å². The van der Waals surface area contributed by atoms with Gasteiger partial charge in [-0.15, -0.1) is 0 Å². The quantitative estimate of drug-likeness (QED) is 0.159. The van der Waals surface area contributed by atoms with Crippen LogP contribution in [-0.2, 0) is 27.5 Å². The third-order valence-electron chi connectivity index (χ3n) is 7.88. The number of sulfone groups is 1. The summed E-state index contributed by atoms with van der Waals surface area (Å²) in [6.07, 6.45) is 4.95. The van der Waals surface area contributed by atoms with Crippen molar-refractivity contribution < 1.29 is 17.6 Å². The van der Waals surface area contributed by atoms with Gasteiger partial charge in [0.05, 0.1) is 41.0 Å². The van der Waals surface area contributed by atoms with E-state index in [2.05, 4.69) is 25.5 Å². The summed E-state index contributed by atoms with van der Waals surface area (Å²) >= 11 is 0. The largest absolute Gasteiger partial charge is 0.353 e. The number of anilines is 1. The van der Waals surface area contributed by atoms with E-state index >= 15 is 0 Å². The van der Waals surface area contributed by atoms with E-state index in [1.165, 1.54) is 18.4 Å². The van der Waals surface area contributed by atoms with Gasteiger partial charge in [0.25, 0.3) is 0 Å². The summed E-state index contributed by atoms with van der Waals surface area (Å²) in [5, 5.41) is 11.4. The number of hydrogen-bond acceptors (Lipinski definition) is 6. The Morgan fingerprint density at radius 1 is 0.872 bits per heavy atom. The molecule has 0 spiro atoms. The molecular formula is C36H29FN6O3S. The third kappa shape index (κ3) is 6.66. The average molecular weight is 645 g/mol. The number of carbonyl (C=O) groups excluding carboxylic acids is 1. The van der Waals surface area contributed by atoms with Gasteiger partial charge in [-0.1, -0.05) is 48.5 Å². The molecule has 7 aromatic rings. The Labute approximate surface area is 269 Å². The molecule has 0 aliphatic heterocycles. The Hall–Kier alpha value is -5.68. The van der Waals surface area contributed by atoms with Crippen LogP contribution in [0.15, 0.2) is 103 Å². The molecular weight excluding hydrogens is 616 g/mol. The van der Waals surface area contributed by atoms with Crippen LogP contribution in [0.25, 0.3) is 55.7 Å². The van der Waals surface area contributed by atoms with Crippen molar-refractivity contribution in [2.45, 2.75) is 12.8 Å². The monoisotopic (exact) mass is 644 g/mol. The fraction of sp³-hybridized carbons (Fsp3) is 0.111. The minimum atomic E-state index is -3.19. The van der Waals surface area contributed by atoms with E-state index in [9.17, 15) is 17.6 Å². The lowest BCUT2D eigenvalue weighted by atomic mass is 9.98. The number of carbonyl (C=O) groups is 1. The topological polar surface area (TPSA) is 133 Å². The maximum absolute atomic E-state index is 14.7. The van der Waals surface area contributed by atoms with Crippen molar-refractivity contribution in [1.82, 2.24) is 25.1 Å². The first-order valence-corrected chi connectivity index (χ1v) is 17.0. The van der Waals surface area contributed by atoms with E-state index in [1.807, 2.05) is 78.9 Å². The number of benzene rings is 3. The first-order chi connectivity index (χ1) is 22.7. The van der Waals surface area contributed by atoms with Gasteiger partial charge in [-0.2, -0.15) is 5.10 Å². The molecule has 0 saturated heterocycles. The normalized spacial score (nSPS) is 11.7. The van der Waals surface area contributed by atoms with E-state index in [-0.39, 0.29) is 24.5 Å². The second kappa shape index (κ2) is 12.3. The molecule has 7 rings (SSSR count). The molecule has 11 heteroatoms. The molecule has 3 aromatic carbocycles. The van der Waals surface area contributed by atoms with E-state index in [1.54, 1.807) is 12.4 Å². The molecule has 3 N–H and O–H groups in total. The second-order valence-corrected chi connectivity index (χ2v) is 13.8. The van der Waals surface area contributed by atoms with Gasteiger partial charge in [0, 0.05) is 28.9 Å². The van der Waals surface area contributed by atoms with Crippen LogP contribution in [0.2, 0.25) is 0 Å². The summed E-state index contributed by atoms with van der Waals surface area (Å²) in [6, 6.07) is 27.5. The van der Waals surface area contributed by atoms with Crippen molar-refractivity contribution >= 4 is 43.4 Å². The predicted octanol–water partition coefficient (Wildman–Crippen LogP) is 6.74. The number of rotatable bonds is 9. The van der Waals surface area contributed by atoms with Gasteiger partial charge in [0.2, 0.25) is 5.91 Å². The fourth-order valence-corrected chi connectivity index (χ4v) is 6.28. The van der Waals surface area contributed by atoms with Gasteiger partial charge in [-0.3, -0.25) is 14.9 Å². The lowest BCUT2D eigenvalue weighted by molar-refractivity contribution is -0.115. The number of fused-ring (bicyclic) bond motifs is 2. The SMILES string of the molecule is CS(=O)(=O)CCc1cc(F)cc(-c2cccc3[nH]c(-c4n[nH]c5ccc(-c6cncc(NC(=O)Cc7ccccc7)c6)nc45)cc23)c1. The predicted molar refractivity (Wildman–Crippen MR) is 182 cm³/mol. The summed E-state index contributed by atoms with van der Waals surface area (Å²) in [4.78, 5) is 25.3. The second-order valence-electron chi connectivity index (χ2n) is 11.5. The van der Waals surface area contributed by atoms with Crippen LogP contribution in [0.3, 0.4) is 0 Å². The maximum atomic E-state index is 14.7. The number of H-pyrrole nitrogens is 2. The highest BCUT2D eigenvalue weighted by molar-refractivity contribution is 7.90. The first kappa shape index (κ1) is 30.0. The van der Waals surface area contributed by atoms with E-state index < -0.39 is 15.7 Å². The number of halogens is 1. The Bertz CT molecular complexity index is 2390. The number of aromatic amines is 2. The van der Waals surface area contributed by atoms with Crippen molar-refractivity contribution in [3.63, 3.8) is 0 Å². The van der Waals surface area contributed by atoms with Crippen LogP contribution in [0.5, 0.6) is 0 Å². The zero-order chi connectivity index (χ0) is 32.5. The molecule has 4 heterocycles. The molecule has 4 aromatic heterocycles. The number of hydrogen-bond donors (Lipinski definition) is 3. The zero-order valence-corrected chi connectivity index (χ0v) is 26.1. The molecule has 9 nitrogen and oxygen atoms in total. The highest BCUT2D eigenvalue weighted by Crippen LogP contribution is 2.35. The van der Waals surface area contributed by atoms with Gasteiger partial charge in [-0.25, -0.2) is 17.8 Å². The molecule has 1 amide bonds. The highest BCUT2D eigenvalue weighted by Gasteiger charge is 2.17. The number of nitrogens with zero attached hydrogens (tertiary/aromatic N) is 3. The van der Waals surface area contributed by atoms with Gasteiger partial charge in [0.15, 0.2) is 0 Å². The van der Waals surface area contributed by atoms with Crippen LogP contribution in [0.4, 0.5) is 10.1 Å². The molecule has 0 aliphatic rings. The Morgan fingerprint density at radius 2 is 1.72 bits per heavy atom. The van der Waals surface area contributed by atoms with Crippen LogP contribution >= 0.6 is 0 Å². The minimum Gasteiger partial charge on any atom is -0.353 e. The van der Waals surface area contributed by atoms with Gasteiger partial charge >= 0.3 is 0 Å². The Balaban J connectivity index is 1.20. The standard InChI is InChI=1S/C36H29FN6O3S/c1-47(45,46)13-12-23-14-24(17-26(37)15-23)28-8-5-9-31-29(28)19-33(40-31)36-35-32(42-43-36)11-10-30(41-35)25-18-27(21-38-20-25)39-34(44)16-22-6-3-2-4-7-22/h2-11,14-15,17-21,40H,12-13,16H2,1H3,(H,39,44)(H,42,43). The number of aryl methyl sites for hydroxylation is 1. The van der Waals surface area contributed by atoms with Crippen molar-refractivity contribution in [3.8, 4) is 33.8 Å². The number of nitrogens with one attached hydrogen (secondary N) is 3. The summed E-state index contributed by atoms with van der Waals surface area (Å²) in [6.45, 7) is 0. The molecule has 0 radical (unpaired) electrons. The van der Waals surface area contributed by atoms with Crippen LogP contribution in [-0.4, -0.2) is 51.5 Å². The van der Waals surface area contributed by atoms with E-state index in [4.69, 9.17) is 4.98 Å². The van der Waals surface area contributed by atoms with E-state index in [0.29, 0.717) is 33.7 Å². The summed E-state index contributed by atoms with van der Waals surface area (Å²) in [5.74, 6) is -0.626. The summed E-state index contributed by atoms with van der Waals surface area (Å²) < 4.78 is 38.1. The highest BCUT2D eigenvalue weighted by atomic mass is 32.2. The van der Waals surface area contributed by atoms with Crippen molar-refractivity contribution in [2.24, 2.45) is 0 Å². The maximum Gasteiger partial charge on any atom is 0.228 e. The van der Waals surface area contributed by atoms with Gasteiger partial charge < -0.3 is 10.3 Å². The lowest BCUT2D eigenvalue weighted by Crippen LogP contribution is -2.14. The van der Waals surface area contributed by atoms with Gasteiger partial charge in [0.1, 0.15) is 26.9 Å². The minimum absolute atomic E-state index is 0.0567. The molecule has 0 bridgehead atoms. The van der Waals surface area contributed by atoms with Crippen molar-refractivity contribution in [1.29, 1.82) is 0 Å².